The zero-order chi connectivity index (χ0) is 12.1. The molecule has 3 nitrogen and oxygen atoms in total. The molecule has 0 radical (unpaired) electrons. The number of thiazole rings is 1. The van der Waals surface area contributed by atoms with E-state index in [-0.39, 0.29) is 0 Å². The van der Waals surface area contributed by atoms with Crippen LogP contribution in [0.4, 0.5) is 0 Å². The summed E-state index contributed by atoms with van der Waals surface area (Å²) in [5.74, 6) is 0.805. The average Bonchev–Trinajstić information content (AvgIpc) is 2.77. The largest absolute Gasteiger partial charge is 0.486 e. The third-order valence-corrected chi connectivity index (χ3v) is 3.35. The van der Waals surface area contributed by atoms with Gasteiger partial charge < -0.3 is 10.1 Å². The summed E-state index contributed by atoms with van der Waals surface area (Å²) in [7, 11) is 1.92. The summed E-state index contributed by atoms with van der Waals surface area (Å²) < 4.78 is 5.61. The topological polar surface area (TPSA) is 34.2 Å². The Morgan fingerprint density at radius 3 is 2.82 bits per heavy atom. The lowest BCUT2D eigenvalue weighted by molar-refractivity contribution is 0.305. The summed E-state index contributed by atoms with van der Waals surface area (Å²) >= 11 is 7.45. The summed E-state index contributed by atoms with van der Waals surface area (Å²) in [5.41, 5.74) is 0. The molecule has 1 heterocycles. The van der Waals surface area contributed by atoms with Gasteiger partial charge in [0.15, 0.2) is 0 Å². The molecular weight excluding hydrogens is 256 g/mol. The number of nitrogens with zero attached hydrogens (tertiary/aromatic N) is 1. The summed E-state index contributed by atoms with van der Waals surface area (Å²) in [6.07, 6.45) is 1.88. The van der Waals surface area contributed by atoms with E-state index in [1.165, 1.54) is 4.88 Å². The van der Waals surface area contributed by atoms with E-state index < -0.39 is 0 Å². The average molecular weight is 269 g/mol. The normalized spacial score (nSPS) is 10.5. The van der Waals surface area contributed by atoms with Crippen molar-refractivity contribution < 1.29 is 4.74 Å². The maximum atomic E-state index is 5.79. The molecule has 0 amide bonds. The number of aromatic nitrogens is 1. The van der Waals surface area contributed by atoms with Crippen molar-refractivity contribution in [1.29, 1.82) is 0 Å². The molecule has 0 fully saturated rings. The van der Waals surface area contributed by atoms with E-state index in [0.717, 1.165) is 17.3 Å². The van der Waals surface area contributed by atoms with Crippen LogP contribution in [-0.2, 0) is 13.2 Å². The Morgan fingerprint density at radius 1 is 1.35 bits per heavy atom. The van der Waals surface area contributed by atoms with E-state index in [2.05, 4.69) is 10.3 Å². The van der Waals surface area contributed by atoms with E-state index in [1.807, 2.05) is 37.5 Å². The molecule has 5 heteroatoms. The van der Waals surface area contributed by atoms with Gasteiger partial charge in [-0.25, -0.2) is 4.98 Å². The van der Waals surface area contributed by atoms with Crippen molar-refractivity contribution >= 4 is 22.9 Å². The molecular formula is C12H13ClN2OS. The molecule has 0 atom stereocenters. The van der Waals surface area contributed by atoms with E-state index in [4.69, 9.17) is 16.3 Å². The van der Waals surface area contributed by atoms with E-state index in [0.29, 0.717) is 11.6 Å². The van der Waals surface area contributed by atoms with E-state index in [1.54, 1.807) is 11.3 Å². The second-order valence-corrected chi connectivity index (χ2v) is 5.13. The van der Waals surface area contributed by atoms with Crippen molar-refractivity contribution in [3.63, 3.8) is 0 Å². The lowest BCUT2D eigenvalue weighted by atomic mass is 10.3. The summed E-state index contributed by atoms with van der Waals surface area (Å²) in [6.45, 7) is 1.34. The molecule has 2 rings (SSSR count). The highest BCUT2D eigenvalue weighted by atomic mass is 35.5. The van der Waals surface area contributed by atoms with Crippen LogP contribution in [0.2, 0.25) is 5.02 Å². The first-order valence-electron chi connectivity index (χ1n) is 5.24. The Kier molecular flexibility index (Phi) is 4.36. The predicted octanol–water partition coefficient (Wildman–Crippen LogP) is 3.09. The van der Waals surface area contributed by atoms with Gasteiger partial charge in [0.2, 0.25) is 0 Å². The number of nitrogens with one attached hydrogen (secondary N) is 1. The van der Waals surface area contributed by atoms with Gasteiger partial charge in [-0.1, -0.05) is 11.6 Å². The maximum Gasteiger partial charge on any atom is 0.140 e. The second-order valence-electron chi connectivity index (χ2n) is 3.49. The van der Waals surface area contributed by atoms with Gasteiger partial charge >= 0.3 is 0 Å². The fourth-order valence-electron chi connectivity index (χ4n) is 1.35. The van der Waals surface area contributed by atoms with Gasteiger partial charge in [0, 0.05) is 22.6 Å². The first-order chi connectivity index (χ1) is 8.28. The number of hydrogen-bond donors (Lipinski definition) is 1. The third-order valence-electron chi connectivity index (χ3n) is 2.13. The highest BCUT2D eigenvalue weighted by molar-refractivity contribution is 7.11. The molecule has 1 N–H and O–H groups in total. The quantitative estimate of drug-likeness (QED) is 0.905. The minimum absolute atomic E-state index is 0.496. The first-order valence-corrected chi connectivity index (χ1v) is 6.44. The monoisotopic (exact) mass is 268 g/mol. The van der Waals surface area contributed by atoms with Crippen LogP contribution in [0.15, 0.2) is 30.5 Å². The molecule has 0 aliphatic carbocycles. The zero-order valence-corrected chi connectivity index (χ0v) is 11.0. The Morgan fingerprint density at radius 2 is 2.12 bits per heavy atom. The second kappa shape index (κ2) is 6.00. The number of ether oxygens (including phenoxy) is 1. The highest BCUT2D eigenvalue weighted by Crippen LogP contribution is 2.18. The van der Waals surface area contributed by atoms with Crippen LogP contribution in [0.5, 0.6) is 5.75 Å². The lowest BCUT2D eigenvalue weighted by Crippen LogP contribution is -2.02. The molecule has 90 valence electrons. The third kappa shape index (κ3) is 3.70. The van der Waals surface area contributed by atoms with Crippen LogP contribution in [0.3, 0.4) is 0 Å². The summed E-state index contributed by atoms with van der Waals surface area (Å²) in [4.78, 5) is 5.51. The minimum Gasteiger partial charge on any atom is -0.486 e. The van der Waals surface area contributed by atoms with E-state index in [9.17, 15) is 0 Å². The Hall–Kier alpha value is -1.10. The summed E-state index contributed by atoms with van der Waals surface area (Å²) in [5, 5.41) is 4.78. The molecule has 17 heavy (non-hydrogen) atoms. The van der Waals surface area contributed by atoms with Crippen LogP contribution < -0.4 is 10.1 Å². The number of benzene rings is 1. The van der Waals surface area contributed by atoms with Crippen molar-refractivity contribution in [2.24, 2.45) is 0 Å². The maximum absolute atomic E-state index is 5.79. The molecule has 2 aromatic rings. The Bertz CT molecular complexity index is 470. The van der Waals surface area contributed by atoms with Crippen LogP contribution in [0, 0.1) is 0 Å². The fraction of sp³-hybridized carbons (Fsp3) is 0.250. The summed E-state index contributed by atoms with van der Waals surface area (Å²) in [6, 6.07) is 7.32. The zero-order valence-electron chi connectivity index (χ0n) is 9.44. The molecule has 0 spiro atoms. The molecule has 0 saturated carbocycles. The molecule has 0 aliphatic heterocycles. The standard InChI is InChI=1S/C12H13ClN2OS/c1-14-6-11-7-15-12(17-11)8-16-10-4-2-9(13)3-5-10/h2-5,7,14H,6,8H2,1H3. The molecule has 1 aromatic carbocycles. The SMILES string of the molecule is CNCc1cnc(COc2ccc(Cl)cc2)s1. The smallest absolute Gasteiger partial charge is 0.140 e. The van der Waals surface area contributed by atoms with Gasteiger partial charge in [0.1, 0.15) is 17.4 Å². The fourth-order valence-corrected chi connectivity index (χ4v) is 2.32. The van der Waals surface area contributed by atoms with Gasteiger partial charge in [-0.2, -0.15) is 0 Å². The van der Waals surface area contributed by atoms with Crippen molar-refractivity contribution in [2.75, 3.05) is 7.05 Å². The number of hydrogen-bond acceptors (Lipinski definition) is 4. The van der Waals surface area contributed by atoms with Crippen molar-refractivity contribution in [1.82, 2.24) is 10.3 Å². The van der Waals surface area contributed by atoms with Gasteiger partial charge in [-0.15, -0.1) is 11.3 Å². The van der Waals surface area contributed by atoms with Gasteiger partial charge in [-0.05, 0) is 31.3 Å². The van der Waals surface area contributed by atoms with Crippen molar-refractivity contribution in [3.05, 3.63) is 45.4 Å². The highest BCUT2D eigenvalue weighted by Gasteiger charge is 2.02. The van der Waals surface area contributed by atoms with Crippen molar-refractivity contribution in [3.8, 4) is 5.75 Å². The molecule has 0 unspecified atom stereocenters. The van der Waals surface area contributed by atoms with E-state index >= 15 is 0 Å². The number of halogens is 1. The predicted molar refractivity (Wildman–Crippen MR) is 70.7 cm³/mol. The van der Waals surface area contributed by atoms with Gasteiger partial charge in [-0.3, -0.25) is 0 Å². The van der Waals surface area contributed by atoms with Crippen LogP contribution in [0.1, 0.15) is 9.88 Å². The van der Waals surface area contributed by atoms with Gasteiger partial charge in [0.25, 0.3) is 0 Å². The van der Waals surface area contributed by atoms with Crippen LogP contribution in [-0.4, -0.2) is 12.0 Å². The molecule has 1 aromatic heterocycles. The molecule has 0 saturated heterocycles. The first kappa shape index (κ1) is 12.4. The van der Waals surface area contributed by atoms with Gasteiger partial charge in [0.05, 0.1) is 0 Å². The molecule has 0 bridgehead atoms. The van der Waals surface area contributed by atoms with Crippen molar-refractivity contribution in [2.45, 2.75) is 13.2 Å². The Labute approximate surface area is 109 Å². The minimum atomic E-state index is 0.496. The van der Waals surface area contributed by atoms with Crippen LogP contribution in [0.25, 0.3) is 0 Å². The number of rotatable bonds is 5. The Balaban J connectivity index is 1.90. The molecule has 0 aliphatic rings. The lowest BCUT2D eigenvalue weighted by Gasteiger charge is -2.03. The van der Waals surface area contributed by atoms with Crippen LogP contribution >= 0.6 is 22.9 Å².